The molecule has 0 aliphatic carbocycles. The standard InChI is InChI=1S/C12H16N2O3/c1-3-17-12(16)9-14(2)11(15)8-10-4-6-13-7-5-10/h4-7H,3,8-9H2,1-2H3. The van der Waals surface area contributed by atoms with E-state index < -0.39 is 5.97 Å². The van der Waals surface area contributed by atoms with Gasteiger partial charge in [0.25, 0.3) is 0 Å². The lowest BCUT2D eigenvalue weighted by atomic mass is 10.2. The van der Waals surface area contributed by atoms with Gasteiger partial charge in [-0.2, -0.15) is 0 Å². The number of amides is 1. The van der Waals surface area contributed by atoms with Gasteiger partial charge in [-0.15, -0.1) is 0 Å². The number of likely N-dealkylation sites (N-methyl/N-ethyl adjacent to an activating group) is 1. The van der Waals surface area contributed by atoms with Gasteiger partial charge in [0.2, 0.25) is 5.91 Å². The van der Waals surface area contributed by atoms with Crippen LogP contribution in [-0.4, -0.2) is 42.0 Å². The molecular weight excluding hydrogens is 220 g/mol. The van der Waals surface area contributed by atoms with Crippen molar-refractivity contribution in [3.8, 4) is 0 Å². The molecule has 0 spiro atoms. The Kier molecular flexibility index (Phi) is 5.13. The van der Waals surface area contributed by atoms with Crippen LogP contribution in [0, 0.1) is 0 Å². The molecule has 0 saturated carbocycles. The third kappa shape index (κ3) is 4.63. The Morgan fingerprint density at radius 3 is 2.59 bits per heavy atom. The van der Waals surface area contributed by atoms with Crippen LogP contribution in [0.25, 0.3) is 0 Å². The monoisotopic (exact) mass is 236 g/mol. The molecule has 1 aromatic rings. The number of carbonyl (C=O) groups excluding carboxylic acids is 2. The zero-order valence-electron chi connectivity index (χ0n) is 10.0. The summed E-state index contributed by atoms with van der Waals surface area (Å²) in [6, 6.07) is 3.55. The van der Waals surface area contributed by atoms with Gasteiger partial charge in [0.1, 0.15) is 6.54 Å². The van der Waals surface area contributed by atoms with Gasteiger partial charge < -0.3 is 9.64 Å². The first-order valence-electron chi connectivity index (χ1n) is 5.42. The lowest BCUT2D eigenvalue weighted by molar-refractivity contribution is -0.147. The van der Waals surface area contributed by atoms with Crippen LogP contribution in [0.5, 0.6) is 0 Å². The Balaban J connectivity index is 2.45. The van der Waals surface area contributed by atoms with E-state index in [1.54, 1.807) is 38.5 Å². The highest BCUT2D eigenvalue weighted by atomic mass is 16.5. The van der Waals surface area contributed by atoms with E-state index in [0.717, 1.165) is 5.56 Å². The topological polar surface area (TPSA) is 59.5 Å². The van der Waals surface area contributed by atoms with E-state index >= 15 is 0 Å². The van der Waals surface area contributed by atoms with Gasteiger partial charge in [0, 0.05) is 19.4 Å². The smallest absolute Gasteiger partial charge is 0.325 e. The summed E-state index contributed by atoms with van der Waals surface area (Å²) in [5.41, 5.74) is 0.876. The fraction of sp³-hybridized carbons (Fsp3) is 0.417. The van der Waals surface area contributed by atoms with E-state index in [0.29, 0.717) is 6.61 Å². The zero-order chi connectivity index (χ0) is 12.7. The second-order valence-corrected chi connectivity index (χ2v) is 3.59. The summed E-state index contributed by atoms with van der Waals surface area (Å²) < 4.78 is 4.77. The number of pyridine rings is 1. The zero-order valence-corrected chi connectivity index (χ0v) is 10.0. The third-order valence-electron chi connectivity index (χ3n) is 2.20. The molecule has 1 rings (SSSR count). The minimum atomic E-state index is -0.391. The number of hydrogen-bond acceptors (Lipinski definition) is 4. The molecule has 0 saturated heterocycles. The molecule has 0 aliphatic heterocycles. The summed E-state index contributed by atoms with van der Waals surface area (Å²) >= 11 is 0. The minimum absolute atomic E-state index is 0.0161. The van der Waals surface area contributed by atoms with Gasteiger partial charge in [-0.1, -0.05) is 0 Å². The molecule has 0 bridgehead atoms. The Morgan fingerprint density at radius 2 is 2.00 bits per heavy atom. The molecule has 92 valence electrons. The van der Waals surface area contributed by atoms with Crippen molar-refractivity contribution >= 4 is 11.9 Å². The van der Waals surface area contributed by atoms with E-state index in [4.69, 9.17) is 4.74 Å². The van der Waals surface area contributed by atoms with Crippen LogP contribution in [0.2, 0.25) is 0 Å². The maximum Gasteiger partial charge on any atom is 0.325 e. The van der Waals surface area contributed by atoms with Gasteiger partial charge in [0.05, 0.1) is 13.0 Å². The molecule has 0 aromatic carbocycles. The average molecular weight is 236 g/mol. The van der Waals surface area contributed by atoms with Crippen molar-refractivity contribution in [2.24, 2.45) is 0 Å². The summed E-state index contributed by atoms with van der Waals surface area (Å²) in [5.74, 6) is -0.512. The van der Waals surface area contributed by atoms with Crippen molar-refractivity contribution in [1.29, 1.82) is 0 Å². The highest BCUT2D eigenvalue weighted by Gasteiger charge is 2.13. The van der Waals surface area contributed by atoms with Crippen molar-refractivity contribution in [3.63, 3.8) is 0 Å². The molecule has 0 N–H and O–H groups in total. The van der Waals surface area contributed by atoms with Gasteiger partial charge in [-0.05, 0) is 24.6 Å². The van der Waals surface area contributed by atoms with Crippen LogP contribution < -0.4 is 0 Å². The molecule has 0 unspecified atom stereocenters. The highest BCUT2D eigenvalue weighted by Crippen LogP contribution is 2.00. The molecule has 0 fully saturated rings. The predicted octanol–water partition coefficient (Wildman–Crippen LogP) is 0.646. The number of carbonyl (C=O) groups is 2. The second-order valence-electron chi connectivity index (χ2n) is 3.59. The third-order valence-corrected chi connectivity index (χ3v) is 2.20. The molecule has 1 aromatic heterocycles. The van der Waals surface area contributed by atoms with Crippen LogP contribution in [-0.2, 0) is 20.7 Å². The quantitative estimate of drug-likeness (QED) is 0.704. The number of nitrogens with zero attached hydrogens (tertiary/aromatic N) is 2. The van der Waals surface area contributed by atoms with Gasteiger partial charge in [-0.25, -0.2) is 0 Å². The molecule has 17 heavy (non-hydrogen) atoms. The van der Waals surface area contributed by atoms with Crippen LogP contribution in [0.3, 0.4) is 0 Å². The van der Waals surface area contributed by atoms with Gasteiger partial charge in [-0.3, -0.25) is 14.6 Å². The fourth-order valence-electron chi connectivity index (χ4n) is 1.30. The van der Waals surface area contributed by atoms with E-state index in [2.05, 4.69) is 4.98 Å². The number of aromatic nitrogens is 1. The molecule has 1 heterocycles. The van der Waals surface area contributed by atoms with Crippen molar-refractivity contribution in [2.45, 2.75) is 13.3 Å². The number of esters is 1. The van der Waals surface area contributed by atoms with Crippen molar-refractivity contribution in [2.75, 3.05) is 20.2 Å². The van der Waals surface area contributed by atoms with Crippen molar-refractivity contribution in [1.82, 2.24) is 9.88 Å². The number of ether oxygens (including phenoxy) is 1. The first-order valence-corrected chi connectivity index (χ1v) is 5.42. The van der Waals surface area contributed by atoms with Crippen LogP contribution in [0.15, 0.2) is 24.5 Å². The van der Waals surface area contributed by atoms with E-state index in [-0.39, 0.29) is 18.9 Å². The largest absolute Gasteiger partial charge is 0.465 e. The van der Waals surface area contributed by atoms with Crippen LogP contribution in [0.4, 0.5) is 0 Å². The summed E-state index contributed by atoms with van der Waals surface area (Å²) in [5, 5.41) is 0. The molecule has 0 radical (unpaired) electrons. The minimum Gasteiger partial charge on any atom is -0.465 e. The first-order chi connectivity index (χ1) is 8.13. The summed E-state index contributed by atoms with van der Waals surface area (Å²) in [4.78, 5) is 28.2. The molecule has 5 nitrogen and oxygen atoms in total. The molecule has 0 aliphatic rings. The summed E-state index contributed by atoms with van der Waals surface area (Å²) in [6.45, 7) is 2.04. The van der Waals surface area contributed by atoms with Crippen LogP contribution in [0.1, 0.15) is 12.5 Å². The Bertz CT molecular complexity index is 379. The van der Waals surface area contributed by atoms with Crippen molar-refractivity contribution < 1.29 is 14.3 Å². The Hall–Kier alpha value is -1.91. The number of hydrogen-bond donors (Lipinski definition) is 0. The SMILES string of the molecule is CCOC(=O)CN(C)C(=O)Cc1ccncc1. The maximum absolute atomic E-state index is 11.7. The van der Waals surface area contributed by atoms with Gasteiger partial charge in [0.15, 0.2) is 0 Å². The van der Waals surface area contributed by atoms with E-state index in [9.17, 15) is 9.59 Å². The van der Waals surface area contributed by atoms with Gasteiger partial charge >= 0.3 is 5.97 Å². The van der Waals surface area contributed by atoms with Crippen LogP contribution >= 0.6 is 0 Å². The normalized spacial score (nSPS) is 9.76. The van der Waals surface area contributed by atoms with E-state index in [1.807, 2.05) is 0 Å². The number of rotatable bonds is 5. The van der Waals surface area contributed by atoms with E-state index in [1.165, 1.54) is 4.90 Å². The van der Waals surface area contributed by atoms with Crippen molar-refractivity contribution in [3.05, 3.63) is 30.1 Å². The Morgan fingerprint density at radius 1 is 1.35 bits per heavy atom. The molecule has 5 heteroatoms. The molecule has 1 amide bonds. The highest BCUT2D eigenvalue weighted by molar-refractivity contribution is 5.83. The lowest BCUT2D eigenvalue weighted by Gasteiger charge is -2.15. The maximum atomic E-state index is 11.7. The second kappa shape index (κ2) is 6.62. The lowest BCUT2D eigenvalue weighted by Crippen LogP contribution is -2.34. The summed E-state index contributed by atoms with van der Waals surface area (Å²) in [7, 11) is 1.58. The first kappa shape index (κ1) is 13.2. The summed E-state index contributed by atoms with van der Waals surface area (Å²) in [6.07, 6.45) is 3.53. The Labute approximate surface area is 100 Å². The average Bonchev–Trinajstić information content (AvgIpc) is 2.30. The molecule has 0 atom stereocenters. The molecular formula is C12H16N2O3. The fourth-order valence-corrected chi connectivity index (χ4v) is 1.30. The predicted molar refractivity (Wildman–Crippen MR) is 62.2 cm³/mol.